The van der Waals surface area contributed by atoms with Crippen molar-refractivity contribution in [1.29, 1.82) is 0 Å². The van der Waals surface area contributed by atoms with Crippen molar-refractivity contribution in [2.45, 2.75) is 96.8 Å². The van der Waals surface area contributed by atoms with Crippen LogP contribution in [0, 0.1) is 0 Å². The molecule has 0 aromatic rings. The monoisotopic (exact) mass is 437 g/mol. The molecule has 0 spiro atoms. The van der Waals surface area contributed by atoms with Gasteiger partial charge in [-0.15, -0.1) is 0 Å². The zero-order valence-electron chi connectivity index (χ0n) is 15.6. The van der Waals surface area contributed by atoms with Gasteiger partial charge >= 0.3 is 46.5 Å². The van der Waals surface area contributed by atoms with Crippen LogP contribution < -0.4 is 13.5 Å². The van der Waals surface area contributed by atoms with Crippen molar-refractivity contribution in [1.82, 2.24) is 0 Å². The molecule has 0 fully saturated rings. The number of hydrogen-bond acceptors (Lipinski definition) is 6. The fourth-order valence-electron chi connectivity index (χ4n) is 2.29. The Hall–Kier alpha value is 0.626. The van der Waals surface area contributed by atoms with E-state index < -0.39 is 19.3 Å². The first-order valence-electron chi connectivity index (χ1n) is 8.59. The molecule has 25 heavy (non-hydrogen) atoms. The molecule has 0 unspecified atom stereocenters. The Morgan fingerprint density at radius 2 is 0.960 bits per heavy atom. The van der Waals surface area contributed by atoms with Crippen LogP contribution in [0.5, 0.6) is 0 Å². The van der Waals surface area contributed by atoms with E-state index in [1.54, 1.807) is 0 Å². The van der Waals surface area contributed by atoms with E-state index in [9.17, 15) is 9.90 Å². The van der Waals surface area contributed by atoms with Gasteiger partial charge < -0.3 is 9.90 Å². The summed E-state index contributed by atoms with van der Waals surface area (Å²) in [6.45, 7) is 2.26. The van der Waals surface area contributed by atoms with Crippen molar-refractivity contribution in [3.05, 3.63) is 0 Å². The van der Waals surface area contributed by atoms with E-state index in [4.69, 9.17) is 16.0 Å². The van der Waals surface area contributed by atoms with Crippen LogP contribution in [-0.4, -0.2) is 24.8 Å². The van der Waals surface area contributed by atoms with Crippen molar-refractivity contribution in [2.24, 2.45) is 0 Å². The molecule has 9 heteroatoms. The van der Waals surface area contributed by atoms with E-state index in [-0.39, 0.29) is 42.4 Å². The van der Waals surface area contributed by atoms with Crippen LogP contribution in [0.15, 0.2) is 0 Å². The summed E-state index contributed by atoms with van der Waals surface area (Å²) in [6, 6.07) is 0. The van der Waals surface area contributed by atoms with Gasteiger partial charge in [0, 0.05) is 24.8 Å². The first kappa shape index (κ1) is 33.2. The first-order chi connectivity index (χ1) is 10.8. The van der Waals surface area contributed by atoms with Gasteiger partial charge in [-0.05, 0) is 12.8 Å². The van der Waals surface area contributed by atoms with Gasteiger partial charge in [-0.3, -0.25) is 0 Å². The molecule has 0 atom stereocenters. The number of aliphatic carboxylic acids is 1. The molecular weight excluding hydrogens is 406 g/mol. The Balaban J connectivity index is -0.000000276. The number of carboxylic acid groups (broad SMARTS) is 1. The van der Waals surface area contributed by atoms with Gasteiger partial charge in [-0.25, -0.2) is 0 Å². The summed E-state index contributed by atoms with van der Waals surface area (Å²) in [4.78, 5) is 10.2. The molecule has 2 radical (unpaired) electrons. The molecule has 0 aliphatic carbocycles. The van der Waals surface area contributed by atoms with Gasteiger partial charge in [0.05, 0.1) is 0 Å². The predicted octanol–water partition coefficient (Wildman–Crippen LogP) is 1.22. The molecule has 6 nitrogen and oxygen atoms in total. The maximum absolute atomic E-state index is 10.2. The van der Waals surface area contributed by atoms with Crippen LogP contribution in [0.2, 0.25) is 0 Å². The van der Waals surface area contributed by atoms with Crippen LogP contribution in [-0.2, 0) is 42.9 Å². The number of rotatable bonds is 14. The van der Waals surface area contributed by atoms with Crippen molar-refractivity contribution in [3.63, 3.8) is 0 Å². The fourth-order valence-corrected chi connectivity index (χ4v) is 2.29. The molecule has 0 N–H and O–H groups in total. The molecule has 0 aromatic carbocycles. The van der Waals surface area contributed by atoms with Crippen molar-refractivity contribution >= 4 is 24.8 Å². The van der Waals surface area contributed by atoms with E-state index in [1.807, 2.05) is 0 Å². The SMILES string of the molecule is CCCCCCCCCCCCCCCC(=O)[O-].[Fe+3].[Li].[O]=[Mn](=[O])([O-])[O-]. The third-order valence-corrected chi connectivity index (χ3v) is 3.48. The van der Waals surface area contributed by atoms with Crippen LogP contribution in [0.1, 0.15) is 96.8 Å². The van der Waals surface area contributed by atoms with E-state index in [0.717, 1.165) is 12.8 Å². The van der Waals surface area contributed by atoms with Gasteiger partial charge in [-0.2, -0.15) is 0 Å². The summed E-state index contributed by atoms with van der Waals surface area (Å²) in [7, 11) is 0. The van der Waals surface area contributed by atoms with Crippen LogP contribution >= 0.6 is 0 Å². The van der Waals surface area contributed by atoms with E-state index >= 15 is 0 Å². The zero-order chi connectivity index (χ0) is 18.0. The van der Waals surface area contributed by atoms with Crippen LogP contribution in [0.3, 0.4) is 0 Å². The van der Waals surface area contributed by atoms with Gasteiger partial charge in [0.1, 0.15) is 0 Å². The molecule has 0 saturated carbocycles. The normalized spacial score (nSPS) is 10.0. The minimum atomic E-state index is -5.62. The Labute approximate surface area is 177 Å². The average Bonchev–Trinajstić information content (AvgIpc) is 2.42. The topological polar surface area (TPSA) is 120 Å². The quantitative estimate of drug-likeness (QED) is 0.298. The summed E-state index contributed by atoms with van der Waals surface area (Å²) >= 11 is -5.62. The number of carboxylic acids is 1. The molecule has 147 valence electrons. The third kappa shape index (κ3) is 51.6. The van der Waals surface area contributed by atoms with Crippen LogP contribution in [0.4, 0.5) is 0 Å². The summed E-state index contributed by atoms with van der Waals surface area (Å²) in [6.07, 6.45) is 16.9. The van der Waals surface area contributed by atoms with Crippen molar-refractivity contribution in [2.75, 3.05) is 0 Å². The molecular formula is C16H31FeLiMnO6. The zero-order valence-corrected chi connectivity index (χ0v) is 17.9. The average molecular weight is 437 g/mol. The standard InChI is InChI=1S/C16H32O2.Fe.Li.Mn.4O/c1-2-3-4-5-6-7-8-9-10-11-12-13-14-15-16(17)18;;;;;;;/h2-15H2,1H3,(H,17,18);;;;;;;/q;+3;;;;;2*-1/p-1. The minimum absolute atomic E-state index is 0. The Morgan fingerprint density at radius 1 is 0.720 bits per heavy atom. The van der Waals surface area contributed by atoms with E-state index in [2.05, 4.69) is 6.92 Å². The number of carbonyl (C=O) groups is 1. The number of carbonyl (C=O) groups excluding carboxylic acids is 1. The summed E-state index contributed by atoms with van der Waals surface area (Å²) < 4.78 is 34.3. The second-order valence-corrected chi connectivity index (χ2v) is 6.92. The van der Waals surface area contributed by atoms with Gasteiger partial charge in [0.15, 0.2) is 0 Å². The van der Waals surface area contributed by atoms with Crippen molar-refractivity contribution in [3.8, 4) is 0 Å². The Bertz CT molecular complexity index is 358. The maximum atomic E-state index is 10.2. The van der Waals surface area contributed by atoms with Crippen molar-refractivity contribution < 1.29 is 56.4 Å². The number of unbranched alkanes of at least 4 members (excludes halogenated alkanes) is 12. The molecule has 0 rings (SSSR count). The van der Waals surface area contributed by atoms with Gasteiger partial charge in [0.25, 0.3) is 0 Å². The first-order valence-corrected chi connectivity index (χ1v) is 10.5. The fraction of sp³-hybridized carbons (Fsp3) is 0.938. The van der Waals surface area contributed by atoms with E-state index in [1.165, 1.54) is 70.6 Å². The molecule has 0 aliphatic rings. The summed E-state index contributed by atoms with van der Waals surface area (Å²) in [5, 5.41) is 10.2. The number of hydrogen-bond donors (Lipinski definition) is 0. The van der Waals surface area contributed by atoms with Gasteiger partial charge in [0.2, 0.25) is 0 Å². The Morgan fingerprint density at radius 3 is 1.20 bits per heavy atom. The summed E-state index contributed by atoms with van der Waals surface area (Å²) in [5.74, 6) is -0.905. The molecule has 0 aromatic heterocycles. The second kappa shape index (κ2) is 24.6. The predicted molar refractivity (Wildman–Crippen MR) is 82.4 cm³/mol. The molecule has 0 bridgehead atoms. The van der Waals surface area contributed by atoms with E-state index in [0.29, 0.717) is 0 Å². The van der Waals surface area contributed by atoms with Gasteiger partial charge in [-0.1, -0.05) is 84.0 Å². The Kier molecular flexibility index (Phi) is 32.7. The molecule has 0 aliphatic heterocycles. The summed E-state index contributed by atoms with van der Waals surface area (Å²) in [5.41, 5.74) is 0. The third-order valence-electron chi connectivity index (χ3n) is 3.48. The van der Waals surface area contributed by atoms with Crippen LogP contribution in [0.25, 0.3) is 0 Å². The molecule has 0 amide bonds. The molecule has 0 heterocycles. The second-order valence-electron chi connectivity index (χ2n) is 5.74. The molecule has 0 saturated heterocycles.